The number of amides is 3. The summed E-state index contributed by atoms with van der Waals surface area (Å²) in [5, 5.41) is 20.5. The van der Waals surface area contributed by atoms with Crippen LogP contribution in [0.3, 0.4) is 0 Å². The summed E-state index contributed by atoms with van der Waals surface area (Å²) in [6, 6.07) is 2.46. The Morgan fingerprint density at radius 1 is 1.23 bits per heavy atom. The molecule has 8 nitrogen and oxygen atoms in total. The van der Waals surface area contributed by atoms with Crippen LogP contribution in [0.25, 0.3) is 0 Å². The lowest BCUT2D eigenvalue weighted by Crippen LogP contribution is -2.39. The fourth-order valence-electron chi connectivity index (χ4n) is 2.31. The van der Waals surface area contributed by atoms with E-state index in [1.165, 1.54) is 19.2 Å². The summed E-state index contributed by atoms with van der Waals surface area (Å²) in [6.07, 6.45) is 1.11. The lowest BCUT2D eigenvalue weighted by atomic mass is 10.0. The molecule has 0 aliphatic carbocycles. The van der Waals surface area contributed by atoms with E-state index in [2.05, 4.69) is 0 Å². The van der Waals surface area contributed by atoms with Gasteiger partial charge in [0.05, 0.1) is 6.54 Å². The first kappa shape index (κ1) is 15.8. The van der Waals surface area contributed by atoms with E-state index in [9.17, 15) is 24.6 Å². The van der Waals surface area contributed by atoms with E-state index < -0.39 is 17.4 Å². The Balaban J connectivity index is 2.29. The van der Waals surface area contributed by atoms with E-state index in [-0.39, 0.29) is 36.8 Å². The predicted molar refractivity (Wildman–Crippen MR) is 75.5 cm³/mol. The number of piperidine rings is 1. The lowest BCUT2D eigenvalue weighted by molar-refractivity contribution is -0.148. The third-order valence-corrected chi connectivity index (χ3v) is 3.41. The van der Waals surface area contributed by atoms with Gasteiger partial charge in [-0.15, -0.1) is 0 Å². The molecule has 1 aliphatic rings. The van der Waals surface area contributed by atoms with Gasteiger partial charge in [0.25, 0.3) is 5.91 Å². The summed E-state index contributed by atoms with van der Waals surface area (Å²) in [7, 11) is 1.28. The molecule has 0 radical (unpaired) electrons. The molecule has 8 heteroatoms. The maximum atomic E-state index is 11.8. The van der Waals surface area contributed by atoms with Crippen molar-refractivity contribution in [1.82, 2.24) is 9.91 Å². The molecule has 0 saturated carbocycles. The van der Waals surface area contributed by atoms with E-state index >= 15 is 0 Å². The van der Waals surface area contributed by atoms with Gasteiger partial charge < -0.3 is 10.2 Å². The Bertz CT molecular complexity index is 602. The van der Waals surface area contributed by atoms with Gasteiger partial charge in [-0.3, -0.25) is 24.3 Å². The highest BCUT2D eigenvalue weighted by Crippen LogP contribution is 2.30. The summed E-state index contributed by atoms with van der Waals surface area (Å²) >= 11 is 0. The Morgan fingerprint density at radius 3 is 2.18 bits per heavy atom. The summed E-state index contributed by atoms with van der Waals surface area (Å²) < 4.78 is 0. The molecule has 0 bridgehead atoms. The molecule has 3 amide bonds. The molecule has 0 aromatic heterocycles. The van der Waals surface area contributed by atoms with Gasteiger partial charge in [-0.2, -0.15) is 0 Å². The largest absolute Gasteiger partial charge is 0.507 e. The molecule has 1 heterocycles. The van der Waals surface area contributed by atoms with E-state index in [4.69, 9.17) is 5.84 Å². The van der Waals surface area contributed by atoms with E-state index in [1.807, 2.05) is 0 Å². The second-order valence-electron chi connectivity index (χ2n) is 5.15. The van der Waals surface area contributed by atoms with E-state index in [0.29, 0.717) is 12.0 Å². The SMILES string of the molecule is CN(N)C(=O)c1c(O)cc(CN2C(=O)CCCC2=O)cc1O. The number of aromatic hydroxyl groups is 2. The van der Waals surface area contributed by atoms with Crippen LogP contribution in [-0.2, 0) is 16.1 Å². The van der Waals surface area contributed by atoms with Crippen LogP contribution in [0.5, 0.6) is 11.5 Å². The summed E-state index contributed by atoms with van der Waals surface area (Å²) in [5.41, 5.74) is 0.0138. The smallest absolute Gasteiger partial charge is 0.275 e. The number of hydrazine groups is 1. The molecule has 0 spiro atoms. The van der Waals surface area contributed by atoms with Gasteiger partial charge in [-0.1, -0.05) is 0 Å². The van der Waals surface area contributed by atoms with Crippen LogP contribution in [0, 0.1) is 0 Å². The highest BCUT2D eigenvalue weighted by atomic mass is 16.3. The molecule has 4 N–H and O–H groups in total. The Hall–Kier alpha value is -2.61. The first-order chi connectivity index (χ1) is 10.3. The number of carbonyl (C=O) groups excluding carboxylic acids is 3. The molecule has 1 saturated heterocycles. The maximum absolute atomic E-state index is 11.8. The number of carbonyl (C=O) groups is 3. The molecule has 0 atom stereocenters. The van der Waals surface area contributed by atoms with Gasteiger partial charge in [-0.05, 0) is 24.1 Å². The van der Waals surface area contributed by atoms with Crippen LogP contribution in [0.1, 0.15) is 35.2 Å². The molecule has 22 heavy (non-hydrogen) atoms. The first-order valence-corrected chi connectivity index (χ1v) is 6.72. The number of rotatable bonds is 3. The molecule has 1 aromatic rings. The van der Waals surface area contributed by atoms with Crippen molar-refractivity contribution < 1.29 is 24.6 Å². The van der Waals surface area contributed by atoms with Crippen molar-refractivity contribution in [3.63, 3.8) is 0 Å². The quantitative estimate of drug-likeness (QED) is 0.314. The van der Waals surface area contributed by atoms with Gasteiger partial charge in [-0.25, -0.2) is 5.84 Å². The average Bonchev–Trinajstić information content (AvgIpc) is 2.42. The number of likely N-dealkylation sites (tertiary alicyclic amines) is 1. The number of imide groups is 1. The number of hydrogen-bond donors (Lipinski definition) is 3. The second kappa shape index (κ2) is 6.02. The maximum Gasteiger partial charge on any atom is 0.275 e. The van der Waals surface area contributed by atoms with Crippen LogP contribution in [0.15, 0.2) is 12.1 Å². The first-order valence-electron chi connectivity index (χ1n) is 6.72. The predicted octanol–water partition coefficient (Wildman–Crippen LogP) is 0.0826. The van der Waals surface area contributed by atoms with Crippen molar-refractivity contribution >= 4 is 17.7 Å². The van der Waals surface area contributed by atoms with Crippen molar-refractivity contribution in [3.8, 4) is 11.5 Å². The number of phenols is 2. The number of phenolic OH excluding ortho intramolecular Hbond substituents is 2. The van der Waals surface area contributed by atoms with Crippen molar-refractivity contribution in [1.29, 1.82) is 0 Å². The minimum absolute atomic E-state index is 0.0638. The van der Waals surface area contributed by atoms with Gasteiger partial charge in [0.15, 0.2) is 0 Å². The standard InChI is InChI=1S/C14H17N3O5/c1-16(15)14(22)13-9(18)5-8(6-10(13)19)7-17-11(20)3-2-4-12(17)21/h5-6,18-19H,2-4,7,15H2,1H3. The van der Waals surface area contributed by atoms with Crippen LogP contribution < -0.4 is 5.84 Å². The highest BCUT2D eigenvalue weighted by molar-refractivity contribution is 5.99. The highest BCUT2D eigenvalue weighted by Gasteiger charge is 2.27. The Kier molecular flexibility index (Phi) is 4.32. The molecule has 1 fully saturated rings. The number of benzene rings is 1. The van der Waals surface area contributed by atoms with Gasteiger partial charge in [0, 0.05) is 19.9 Å². The second-order valence-corrected chi connectivity index (χ2v) is 5.15. The van der Waals surface area contributed by atoms with Gasteiger partial charge >= 0.3 is 0 Å². The fraction of sp³-hybridized carbons (Fsp3) is 0.357. The number of nitrogens with two attached hydrogens (primary N) is 1. The lowest BCUT2D eigenvalue weighted by Gasteiger charge is -2.25. The summed E-state index contributed by atoms with van der Waals surface area (Å²) in [5.74, 6) is 3.02. The van der Waals surface area contributed by atoms with Crippen molar-refractivity contribution in [2.24, 2.45) is 5.84 Å². The topological polar surface area (TPSA) is 124 Å². The van der Waals surface area contributed by atoms with E-state index in [1.54, 1.807) is 0 Å². The minimum atomic E-state index is -0.758. The third-order valence-electron chi connectivity index (χ3n) is 3.41. The zero-order valence-electron chi connectivity index (χ0n) is 12.1. The summed E-state index contributed by atoms with van der Waals surface area (Å²) in [6.45, 7) is -0.0638. The number of hydrogen-bond acceptors (Lipinski definition) is 6. The van der Waals surface area contributed by atoms with Crippen LogP contribution >= 0.6 is 0 Å². The molecule has 1 aromatic carbocycles. The van der Waals surface area contributed by atoms with E-state index in [0.717, 1.165) is 9.91 Å². The molecule has 118 valence electrons. The van der Waals surface area contributed by atoms with Crippen LogP contribution in [0.4, 0.5) is 0 Å². The zero-order valence-corrected chi connectivity index (χ0v) is 12.1. The normalized spacial score (nSPS) is 15.1. The molecule has 1 aliphatic heterocycles. The van der Waals surface area contributed by atoms with Crippen molar-refractivity contribution in [3.05, 3.63) is 23.3 Å². The average molecular weight is 307 g/mol. The minimum Gasteiger partial charge on any atom is -0.507 e. The zero-order chi connectivity index (χ0) is 16.4. The van der Waals surface area contributed by atoms with Crippen LogP contribution in [0.2, 0.25) is 0 Å². The third kappa shape index (κ3) is 3.01. The molecular weight excluding hydrogens is 290 g/mol. The number of nitrogens with zero attached hydrogens (tertiary/aromatic N) is 2. The Labute approximate surface area is 126 Å². The van der Waals surface area contributed by atoms with Crippen molar-refractivity contribution in [2.75, 3.05) is 7.05 Å². The fourth-order valence-corrected chi connectivity index (χ4v) is 2.31. The Morgan fingerprint density at radius 2 is 1.73 bits per heavy atom. The van der Waals surface area contributed by atoms with Crippen molar-refractivity contribution in [2.45, 2.75) is 25.8 Å². The molecular formula is C14H17N3O5. The summed E-state index contributed by atoms with van der Waals surface area (Å²) in [4.78, 5) is 36.3. The molecule has 0 unspecified atom stereocenters. The van der Waals surface area contributed by atoms with Gasteiger partial charge in [0.2, 0.25) is 11.8 Å². The molecule has 2 rings (SSSR count). The monoisotopic (exact) mass is 307 g/mol. The van der Waals surface area contributed by atoms with Gasteiger partial charge in [0.1, 0.15) is 17.1 Å². The van der Waals surface area contributed by atoms with Crippen LogP contribution in [-0.4, -0.2) is 44.9 Å².